The van der Waals surface area contributed by atoms with E-state index in [9.17, 15) is 9.59 Å². The van der Waals surface area contributed by atoms with Crippen LogP contribution < -0.4 is 16.4 Å². The molecule has 20 heavy (non-hydrogen) atoms. The van der Waals surface area contributed by atoms with E-state index in [-0.39, 0.29) is 24.2 Å². The lowest BCUT2D eigenvalue weighted by atomic mass is 10.1. The van der Waals surface area contributed by atoms with E-state index < -0.39 is 6.04 Å². The van der Waals surface area contributed by atoms with Gasteiger partial charge in [0.2, 0.25) is 5.91 Å². The molecule has 0 aliphatic heterocycles. The number of nitrogens with one attached hydrogen (secondary N) is 2. The number of halogens is 1. The maximum absolute atomic E-state index is 11.9. The van der Waals surface area contributed by atoms with Crippen molar-refractivity contribution in [2.45, 2.75) is 32.7 Å². The van der Waals surface area contributed by atoms with Crippen LogP contribution in [-0.2, 0) is 4.79 Å². The first-order valence-corrected chi connectivity index (χ1v) is 6.38. The summed E-state index contributed by atoms with van der Waals surface area (Å²) < 4.78 is 0. The van der Waals surface area contributed by atoms with Crippen molar-refractivity contribution in [2.24, 2.45) is 5.73 Å². The Bertz CT molecular complexity index is 477. The molecule has 0 spiro atoms. The van der Waals surface area contributed by atoms with Gasteiger partial charge in [-0.2, -0.15) is 0 Å². The van der Waals surface area contributed by atoms with Gasteiger partial charge >= 0.3 is 0 Å². The highest BCUT2D eigenvalue weighted by molar-refractivity contribution is 5.99. The molecule has 6 heteroatoms. The number of nitrogens with two attached hydrogens (primary N) is 1. The summed E-state index contributed by atoms with van der Waals surface area (Å²) in [6.07, 6.45) is 1.49. The molecule has 1 aromatic carbocycles. The van der Waals surface area contributed by atoms with E-state index in [2.05, 4.69) is 10.6 Å². The van der Waals surface area contributed by atoms with E-state index in [0.29, 0.717) is 17.7 Å². The van der Waals surface area contributed by atoms with Gasteiger partial charge in [0.25, 0.3) is 5.91 Å². The van der Waals surface area contributed by atoms with E-state index >= 15 is 0 Å². The first-order chi connectivity index (χ1) is 8.99. The Hall–Kier alpha value is -1.59. The van der Waals surface area contributed by atoms with Crippen LogP contribution >= 0.6 is 12.4 Å². The minimum absolute atomic E-state index is 0. The normalized spacial score (nSPS) is 11.2. The van der Waals surface area contributed by atoms with Crippen molar-refractivity contribution in [3.8, 4) is 0 Å². The van der Waals surface area contributed by atoms with Crippen molar-refractivity contribution in [3.05, 3.63) is 29.3 Å². The molecule has 0 saturated heterocycles. The summed E-state index contributed by atoms with van der Waals surface area (Å²) in [5.74, 6) is -0.410. The van der Waals surface area contributed by atoms with Gasteiger partial charge in [0.05, 0.1) is 6.04 Å². The molecular formula is C14H22ClN3O2. The first kappa shape index (κ1) is 18.4. The van der Waals surface area contributed by atoms with Gasteiger partial charge in [-0.1, -0.05) is 19.4 Å². The predicted molar refractivity (Wildman–Crippen MR) is 83.3 cm³/mol. The highest BCUT2D eigenvalue weighted by atomic mass is 35.5. The van der Waals surface area contributed by atoms with Gasteiger partial charge in [0.1, 0.15) is 0 Å². The topological polar surface area (TPSA) is 84.2 Å². The summed E-state index contributed by atoms with van der Waals surface area (Å²) in [6, 6.07) is 4.65. The van der Waals surface area contributed by atoms with Gasteiger partial charge in [0.15, 0.2) is 0 Å². The lowest BCUT2D eigenvalue weighted by molar-refractivity contribution is -0.117. The Balaban J connectivity index is 0.00000361. The number of hydrogen-bond acceptors (Lipinski definition) is 3. The molecule has 0 saturated carbocycles. The molecule has 0 aliphatic carbocycles. The summed E-state index contributed by atoms with van der Waals surface area (Å²) in [5, 5.41) is 5.32. The molecular weight excluding hydrogens is 278 g/mol. The molecule has 1 unspecified atom stereocenters. The molecule has 0 heterocycles. The Labute approximate surface area is 125 Å². The fourth-order valence-electron chi connectivity index (χ4n) is 1.71. The first-order valence-electron chi connectivity index (χ1n) is 6.38. The zero-order valence-electron chi connectivity index (χ0n) is 12.0. The molecule has 0 radical (unpaired) electrons. The van der Waals surface area contributed by atoms with Crippen LogP contribution in [0.15, 0.2) is 18.2 Å². The van der Waals surface area contributed by atoms with E-state index in [0.717, 1.165) is 12.0 Å². The van der Waals surface area contributed by atoms with Gasteiger partial charge < -0.3 is 16.4 Å². The van der Waals surface area contributed by atoms with Crippen molar-refractivity contribution >= 4 is 29.9 Å². The van der Waals surface area contributed by atoms with Gasteiger partial charge in [-0.15, -0.1) is 12.4 Å². The van der Waals surface area contributed by atoms with Crippen molar-refractivity contribution in [2.75, 3.05) is 12.4 Å². The van der Waals surface area contributed by atoms with Gasteiger partial charge in [-0.25, -0.2) is 0 Å². The second-order valence-electron chi connectivity index (χ2n) is 4.49. The van der Waals surface area contributed by atoms with Gasteiger partial charge in [0, 0.05) is 18.3 Å². The molecule has 0 aliphatic rings. The van der Waals surface area contributed by atoms with Gasteiger partial charge in [-0.3, -0.25) is 9.59 Å². The van der Waals surface area contributed by atoms with Crippen LogP contribution in [-0.4, -0.2) is 24.9 Å². The smallest absolute Gasteiger partial charge is 0.251 e. The zero-order chi connectivity index (χ0) is 14.4. The number of aryl methyl sites for hydroxylation is 1. The van der Waals surface area contributed by atoms with Crippen LogP contribution in [0.3, 0.4) is 0 Å². The molecule has 4 N–H and O–H groups in total. The van der Waals surface area contributed by atoms with Crippen molar-refractivity contribution in [1.29, 1.82) is 0 Å². The minimum atomic E-state index is -0.520. The fraction of sp³-hybridized carbons (Fsp3) is 0.429. The lowest BCUT2D eigenvalue weighted by Gasteiger charge is -2.14. The third kappa shape index (κ3) is 4.83. The van der Waals surface area contributed by atoms with Crippen LogP contribution in [0.1, 0.15) is 35.7 Å². The standard InChI is InChI=1S/C14H21N3O2.ClH/c1-4-5-11(15)14(19)17-12-8-10(13(18)16-3)7-6-9(12)2;/h6-8,11H,4-5,15H2,1-3H3,(H,16,18)(H,17,19);1H. The van der Waals surface area contributed by atoms with Crippen LogP contribution in [0.25, 0.3) is 0 Å². The highest BCUT2D eigenvalue weighted by Gasteiger charge is 2.14. The second-order valence-corrected chi connectivity index (χ2v) is 4.49. The summed E-state index contributed by atoms with van der Waals surface area (Å²) in [5.41, 5.74) is 7.78. The lowest BCUT2D eigenvalue weighted by Crippen LogP contribution is -2.35. The van der Waals surface area contributed by atoms with Gasteiger partial charge in [-0.05, 0) is 31.0 Å². The number of anilines is 1. The Morgan fingerprint density at radius 1 is 1.35 bits per heavy atom. The molecule has 0 bridgehead atoms. The number of carbonyl (C=O) groups excluding carboxylic acids is 2. The number of benzene rings is 1. The predicted octanol–water partition coefficient (Wildman–Crippen LogP) is 1.84. The van der Waals surface area contributed by atoms with Crippen molar-refractivity contribution < 1.29 is 9.59 Å². The van der Waals surface area contributed by atoms with E-state index in [4.69, 9.17) is 5.73 Å². The zero-order valence-corrected chi connectivity index (χ0v) is 12.8. The maximum atomic E-state index is 11.9. The van der Waals surface area contributed by atoms with Crippen LogP contribution in [0.5, 0.6) is 0 Å². The molecule has 0 fully saturated rings. The number of carbonyl (C=O) groups is 2. The Kier molecular flexibility index (Phi) is 7.87. The maximum Gasteiger partial charge on any atom is 0.251 e. The molecule has 2 amide bonds. The van der Waals surface area contributed by atoms with E-state index in [1.807, 2.05) is 13.8 Å². The average molecular weight is 300 g/mol. The summed E-state index contributed by atoms with van der Waals surface area (Å²) >= 11 is 0. The van der Waals surface area contributed by atoms with Crippen molar-refractivity contribution in [1.82, 2.24) is 5.32 Å². The molecule has 1 aromatic rings. The molecule has 1 rings (SSSR count). The second kappa shape index (κ2) is 8.55. The third-order valence-corrected chi connectivity index (χ3v) is 2.92. The van der Waals surface area contributed by atoms with Crippen LogP contribution in [0.2, 0.25) is 0 Å². The Morgan fingerprint density at radius 2 is 2.00 bits per heavy atom. The highest BCUT2D eigenvalue weighted by Crippen LogP contribution is 2.17. The third-order valence-electron chi connectivity index (χ3n) is 2.92. The van der Waals surface area contributed by atoms with E-state index in [1.54, 1.807) is 25.2 Å². The monoisotopic (exact) mass is 299 g/mol. The fourth-order valence-corrected chi connectivity index (χ4v) is 1.71. The average Bonchev–Trinajstić information content (AvgIpc) is 2.40. The minimum Gasteiger partial charge on any atom is -0.355 e. The van der Waals surface area contributed by atoms with Crippen LogP contribution in [0, 0.1) is 6.92 Å². The molecule has 5 nitrogen and oxygen atoms in total. The van der Waals surface area contributed by atoms with Crippen LogP contribution in [0.4, 0.5) is 5.69 Å². The van der Waals surface area contributed by atoms with Crippen molar-refractivity contribution in [3.63, 3.8) is 0 Å². The largest absolute Gasteiger partial charge is 0.355 e. The SMILES string of the molecule is CCCC(N)C(=O)Nc1cc(C(=O)NC)ccc1C.Cl. The number of amides is 2. The molecule has 0 aromatic heterocycles. The number of rotatable bonds is 5. The Morgan fingerprint density at radius 3 is 2.55 bits per heavy atom. The summed E-state index contributed by atoms with van der Waals surface area (Å²) in [4.78, 5) is 23.4. The summed E-state index contributed by atoms with van der Waals surface area (Å²) in [6.45, 7) is 3.85. The molecule has 112 valence electrons. The quantitative estimate of drug-likeness (QED) is 0.775. The molecule has 1 atom stereocenters. The number of hydrogen-bond donors (Lipinski definition) is 3. The summed E-state index contributed by atoms with van der Waals surface area (Å²) in [7, 11) is 1.57. The van der Waals surface area contributed by atoms with E-state index in [1.165, 1.54) is 0 Å².